The van der Waals surface area contributed by atoms with E-state index in [2.05, 4.69) is 10.1 Å². The SMILES string of the molecule is O=C(O)COc1cccc2c(-n3ccnc3)noc12. The lowest BCUT2D eigenvalue weighted by Crippen LogP contribution is -2.09. The van der Waals surface area contributed by atoms with Crippen LogP contribution in [0, 0.1) is 0 Å². The number of nitrogens with zero attached hydrogens (tertiary/aromatic N) is 3. The molecule has 0 aliphatic rings. The van der Waals surface area contributed by atoms with E-state index >= 15 is 0 Å². The van der Waals surface area contributed by atoms with Crippen LogP contribution < -0.4 is 4.74 Å². The first-order valence-corrected chi connectivity index (χ1v) is 5.47. The Morgan fingerprint density at radius 2 is 2.37 bits per heavy atom. The lowest BCUT2D eigenvalue weighted by molar-refractivity contribution is -0.139. The van der Waals surface area contributed by atoms with Gasteiger partial charge in [-0.25, -0.2) is 9.78 Å². The Labute approximate surface area is 107 Å². The van der Waals surface area contributed by atoms with Gasteiger partial charge in [0.15, 0.2) is 18.2 Å². The molecule has 7 nitrogen and oxygen atoms in total. The van der Waals surface area contributed by atoms with Crippen molar-refractivity contribution in [3.8, 4) is 11.6 Å². The summed E-state index contributed by atoms with van der Waals surface area (Å²) in [5.41, 5.74) is 0.410. The van der Waals surface area contributed by atoms with E-state index in [0.717, 1.165) is 5.39 Å². The molecule has 19 heavy (non-hydrogen) atoms. The van der Waals surface area contributed by atoms with Crippen LogP contribution in [0.25, 0.3) is 16.8 Å². The first-order chi connectivity index (χ1) is 9.25. The second-order valence-corrected chi connectivity index (χ2v) is 3.79. The van der Waals surface area contributed by atoms with Crippen molar-refractivity contribution in [3.63, 3.8) is 0 Å². The van der Waals surface area contributed by atoms with Crippen molar-refractivity contribution in [1.82, 2.24) is 14.7 Å². The van der Waals surface area contributed by atoms with Crippen molar-refractivity contribution in [2.45, 2.75) is 0 Å². The summed E-state index contributed by atoms with van der Waals surface area (Å²) in [5.74, 6) is -0.126. The van der Waals surface area contributed by atoms with Gasteiger partial charge in [0.1, 0.15) is 6.33 Å². The number of hydrogen-bond acceptors (Lipinski definition) is 5. The van der Waals surface area contributed by atoms with E-state index in [9.17, 15) is 4.79 Å². The summed E-state index contributed by atoms with van der Waals surface area (Å²) in [7, 11) is 0. The summed E-state index contributed by atoms with van der Waals surface area (Å²) in [5, 5.41) is 13.3. The third-order valence-electron chi connectivity index (χ3n) is 2.54. The highest BCUT2D eigenvalue weighted by atomic mass is 16.5. The van der Waals surface area contributed by atoms with E-state index in [1.807, 2.05) is 6.07 Å². The zero-order valence-electron chi connectivity index (χ0n) is 9.68. The molecule has 0 bridgehead atoms. The zero-order chi connectivity index (χ0) is 13.2. The van der Waals surface area contributed by atoms with Crippen LogP contribution in [0.4, 0.5) is 0 Å². The first-order valence-electron chi connectivity index (χ1n) is 5.47. The van der Waals surface area contributed by atoms with Gasteiger partial charge in [-0.3, -0.25) is 4.57 Å². The van der Waals surface area contributed by atoms with E-state index < -0.39 is 12.6 Å². The number of carbonyl (C=O) groups is 1. The molecule has 1 aromatic carbocycles. The Bertz CT molecular complexity index is 718. The maximum Gasteiger partial charge on any atom is 0.341 e. The zero-order valence-corrected chi connectivity index (χ0v) is 9.68. The third kappa shape index (κ3) is 2.01. The van der Waals surface area contributed by atoms with Gasteiger partial charge in [0, 0.05) is 12.4 Å². The van der Waals surface area contributed by atoms with Crippen LogP contribution in [0.2, 0.25) is 0 Å². The van der Waals surface area contributed by atoms with Gasteiger partial charge < -0.3 is 14.4 Å². The van der Waals surface area contributed by atoms with Crippen molar-refractivity contribution < 1.29 is 19.2 Å². The fourth-order valence-corrected chi connectivity index (χ4v) is 1.75. The Balaban J connectivity index is 2.05. The summed E-state index contributed by atoms with van der Waals surface area (Å²) in [6, 6.07) is 5.19. The van der Waals surface area contributed by atoms with Gasteiger partial charge in [-0.1, -0.05) is 11.2 Å². The molecule has 0 aliphatic carbocycles. The minimum Gasteiger partial charge on any atom is -0.479 e. The normalized spacial score (nSPS) is 10.7. The molecule has 0 aliphatic heterocycles. The van der Waals surface area contributed by atoms with Crippen LogP contribution in [0.1, 0.15) is 0 Å². The number of aliphatic carboxylic acids is 1. The van der Waals surface area contributed by atoms with E-state index in [4.69, 9.17) is 14.4 Å². The van der Waals surface area contributed by atoms with Gasteiger partial charge in [-0.2, -0.15) is 0 Å². The average molecular weight is 259 g/mol. The third-order valence-corrected chi connectivity index (χ3v) is 2.54. The molecular weight excluding hydrogens is 250 g/mol. The number of carboxylic acid groups (broad SMARTS) is 1. The van der Waals surface area contributed by atoms with Gasteiger partial charge in [-0.05, 0) is 12.1 Å². The maximum atomic E-state index is 10.5. The molecular formula is C12H9N3O4. The fourth-order valence-electron chi connectivity index (χ4n) is 1.75. The molecule has 0 atom stereocenters. The molecule has 0 fully saturated rings. The molecule has 0 amide bonds. The van der Waals surface area contributed by atoms with Crippen molar-refractivity contribution in [2.24, 2.45) is 0 Å². The Morgan fingerprint density at radius 3 is 3.11 bits per heavy atom. The van der Waals surface area contributed by atoms with Crippen molar-refractivity contribution >= 4 is 16.9 Å². The van der Waals surface area contributed by atoms with Crippen LogP contribution in [0.3, 0.4) is 0 Å². The fraction of sp³-hybridized carbons (Fsp3) is 0.0833. The quantitative estimate of drug-likeness (QED) is 0.763. The predicted octanol–water partition coefficient (Wildman–Crippen LogP) is 1.48. The average Bonchev–Trinajstić information content (AvgIpc) is 3.04. The second kappa shape index (κ2) is 4.45. The topological polar surface area (TPSA) is 90.4 Å². The molecule has 7 heteroatoms. The molecule has 2 heterocycles. The van der Waals surface area contributed by atoms with Crippen LogP contribution in [0.5, 0.6) is 5.75 Å². The second-order valence-electron chi connectivity index (χ2n) is 3.79. The molecule has 0 saturated heterocycles. The first kappa shape index (κ1) is 11.3. The number of imidazole rings is 1. The molecule has 0 radical (unpaired) electrons. The number of para-hydroxylation sites is 1. The Kier molecular flexibility index (Phi) is 2.64. The summed E-state index contributed by atoms with van der Waals surface area (Å²) in [4.78, 5) is 14.5. The summed E-state index contributed by atoms with van der Waals surface area (Å²) in [6.45, 7) is -0.430. The smallest absolute Gasteiger partial charge is 0.341 e. The van der Waals surface area contributed by atoms with E-state index in [0.29, 0.717) is 17.2 Å². The van der Waals surface area contributed by atoms with Crippen LogP contribution in [-0.2, 0) is 4.79 Å². The Morgan fingerprint density at radius 1 is 1.47 bits per heavy atom. The molecule has 1 N–H and O–H groups in total. The van der Waals surface area contributed by atoms with Gasteiger partial charge in [0.25, 0.3) is 0 Å². The van der Waals surface area contributed by atoms with Gasteiger partial charge >= 0.3 is 5.97 Å². The van der Waals surface area contributed by atoms with E-state index in [-0.39, 0.29) is 0 Å². The number of carboxylic acids is 1. The highest BCUT2D eigenvalue weighted by Crippen LogP contribution is 2.29. The highest BCUT2D eigenvalue weighted by molar-refractivity contribution is 5.88. The molecule has 0 unspecified atom stereocenters. The van der Waals surface area contributed by atoms with Crippen LogP contribution >= 0.6 is 0 Å². The van der Waals surface area contributed by atoms with Crippen LogP contribution in [0.15, 0.2) is 41.4 Å². The Hall–Kier alpha value is -2.83. The van der Waals surface area contributed by atoms with Crippen molar-refractivity contribution in [3.05, 3.63) is 36.9 Å². The molecule has 3 aromatic rings. The minimum atomic E-state index is -1.05. The minimum absolute atomic E-state index is 0.346. The number of benzene rings is 1. The molecule has 3 rings (SSSR count). The van der Waals surface area contributed by atoms with Crippen LogP contribution in [-0.4, -0.2) is 32.4 Å². The highest BCUT2D eigenvalue weighted by Gasteiger charge is 2.14. The lowest BCUT2D eigenvalue weighted by atomic mass is 10.2. The molecule has 96 valence electrons. The van der Waals surface area contributed by atoms with Gasteiger partial charge in [0.05, 0.1) is 5.39 Å². The number of hydrogen-bond donors (Lipinski definition) is 1. The number of ether oxygens (including phenoxy) is 1. The van der Waals surface area contributed by atoms with Crippen molar-refractivity contribution in [1.29, 1.82) is 0 Å². The molecule has 0 spiro atoms. The van der Waals surface area contributed by atoms with E-state index in [1.54, 1.807) is 35.4 Å². The largest absolute Gasteiger partial charge is 0.479 e. The number of aromatic nitrogens is 3. The number of rotatable bonds is 4. The predicted molar refractivity (Wildman–Crippen MR) is 64.3 cm³/mol. The molecule has 0 saturated carbocycles. The monoisotopic (exact) mass is 259 g/mol. The van der Waals surface area contributed by atoms with E-state index in [1.165, 1.54) is 0 Å². The molecule has 2 aromatic heterocycles. The van der Waals surface area contributed by atoms with Gasteiger partial charge in [0.2, 0.25) is 5.58 Å². The van der Waals surface area contributed by atoms with Crippen molar-refractivity contribution in [2.75, 3.05) is 6.61 Å². The summed E-state index contributed by atoms with van der Waals surface area (Å²) >= 11 is 0. The summed E-state index contributed by atoms with van der Waals surface area (Å²) < 4.78 is 12.1. The lowest BCUT2D eigenvalue weighted by Gasteiger charge is -2.02. The summed E-state index contributed by atoms with van der Waals surface area (Å²) in [6.07, 6.45) is 4.97. The van der Waals surface area contributed by atoms with Gasteiger partial charge in [-0.15, -0.1) is 0 Å². The standard InChI is InChI=1S/C12H9N3O4/c16-10(17)6-18-9-3-1-2-8-11(9)19-14-12(8)15-5-4-13-7-15/h1-5,7H,6H2,(H,16,17). The number of fused-ring (bicyclic) bond motifs is 1. The maximum absolute atomic E-state index is 10.5.